The average molecular weight is 756 g/mol. The molecule has 10 heteroatoms. The molecule has 2 aromatic heterocycles. The van der Waals surface area contributed by atoms with E-state index < -0.39 is 0 Å². The number of rotatable bonds is 6. The lowest BCUT2D eigenvalue weighted by molar-refractivity contribution is 0.801. The molecule has 0 fully saturated rings. The van der Waals surface area contributed by atoms with Gasteiger partial charge in [0.15, 0.2) is 0 Å². The van der Waals surface area contributed by atoms with Crippen LogP contribution in [0.3, 0.4) is 0 Å². The number of nitrogens with one attached hydrogen (secondary N) is 1. The highest BCUT2D eigenvalue weighted by atomic mass is 79.9. The van der Waals surface area contributed by atoms with Gasteiger partial charge in [-0.2, -0.15) is 9.78 Å². The quantitative estimate of drug-likeness (QED) is 0.182. The first-order valence-electron chi connectivity index (χ1n) is 15.5. The van der Waals surface area contributed by atoms with E-state index in [1.165, 1.54) is 14.3 Å². The van der Waals surface area contributed by atoms with Crippen LogP contribution in [0.4, 0.5) is 0 Å². The van der Waals surface area contributed by atoms with Gasteiger partial charge in [0.1, 0.15) is 4.60 Å². The predicted molar refractivity (Wildman–Crippen MR) is 206 cm³/mol. The van der Waals surface area contributed by atoms with Gasteiger partial charge in [0, 0.05) is 25.0 Å². The molecule has 0 aliphatic heterocycles. The standard InChI is InChI=1S/C20H13BrN2OS.C20H14N2O2S/c21-19-17-8-4-5-9-18(17)20(24)23(22-19)14-10-12-16(13-11-14)25-15-6-2-1-3-7-15;23-19-17-8-4-5-9-18(17)20(24)22(21-19)14-10-12-16(13-11-14)25-15-6-2-1-3-7-15/h1-13H;1-13H,(H,21,23). The summed E-state index contributed by atoms with van der Waals surface area (Å²) in [6.45, 7) is 0. The van der Waals surface area contributed by atoms with Crippen LogP contribution in [0.5, 0.6) is 0 Å². The van der Waals surface area contributed by atoms with E-state index in [0.717, 1.165) is 25.8 Å². The van der Waals surface area contributed by atoms with E-state index in [-0.39, 0.29) is 16.7 Å². The zero-order valence-corrected chi connectivity index (χ0v) is 29.5. The van der Waals surface area contributed by atoms with Gasteiger partial charge in [-0.05, 0) is 107 Å². The summed E-state index contributed by atoms with van der Waals surface area (Å²) in [4.78, 5) is 42.1. The van der Waals surface area contributed by atoms with Crippen LogP contribution < -0.4 is 16.7 Å². The first-order chi connectivity index (χ1) is 24.4. The first-order valence-corrected chi connectivity index (χ1v) is 18.0. The minimum atomic E-state index is -0.280. The lowest BCUT2D eigenvalue weighted by atomic mass is 10.2. The Hall–Kier alpha value is -5.42. The highest BCUT2D eigenvalue weighted by Crippen LogP contribution is 2.29. The molecule has 8 rings (SSSR count). The van der Waals surface area contributed by atoms with Gasteiger partial charge in [-0.15, -0.1) is 0 Å². The molecule has 7 nitrogen and oxygen atoms in total. The van der Waals surface area contributed by atoms with Crippen molar-refractivity contribution in [2.45, 2.75) is 19.6 Å². The second-order valence-electron chi connectivity index (χ2n) is 11.0. The Kier molecular flexibility index (Phi) is 9.93. The second-order valence-corrected chi connectivity index (χ2v) is 14.0. The summed E-state index contributed by atoms with van der Waals surface area (Å²) in [5.74, 6) is 0. The minimum absolute atomic E-state index is 0.123. The smallest absolute Gasteiger partial charge is 0.267 e. The predicted octanol–water partition coefficient (Wildman–Crippen LogP) is 9.13. The largest absolute Gasteiger partial charge is 0.279 e. The van der Waals surface area contributed by atoms with E-state index in [1.54, 1.807) is 47.8 Å². The zero-order chi connectivity index (χ0) is 34.5. The molecule has 50 heavy (non-hydrogen) atoms. The number of H-pyrrole nitrogens is 1. The van der Waals surface area contributed by atoms with Crippen molar-refractivity contribution in [3.8, 4) is 11.4 Å². The van der Waals surface area contributed by atoms with Crippen LogP contribution in [0.1, 0.15) is 0 Å². The molecule has 8 aromatic rings. The summed E-state index contributed by atoms with van der Waals surface area (Å²) in [6.07, 6.45) is 0. The van der Waals surface area contributed by atoms with Crippen LogP contribution in [-0.4, -0.2) is 19.6 Å². The molecule has 0 amide bonds. The van der Waals surface area contributed by atoms with Crippen molar-refractivity contribution < 1.29 is 0 Å². The van der Waals surface area contributed by atoms with Crippen LogP contribution in [0.25, 0.3) is 32.9 Å². The third-order valence-electron chi connectivity index (χ3n) is 7.71. The summed E-state index contributed by atoms with van der Waals surface area (Å²) in [5.41, 5.74) is 0.734. The summed E-state index contributed by atoms with van der Waals surface area (Å²) < 4.78 is 3.39. The maximum atomic E-state index is 12.7. The Bertz CT molecular complexity index is 2610. The molecule has 6 aromatic carbocycles. The Morgan fingerprint density at radius 1 is 0.460 bits per heavy atom. The fourth-order valence-electron chi connectivity index (χ4n) is 5.28. The van der Waals surface area contributed by atoms with Crippen LogP contribution in [0.15, 0.2) is 196 Å². The Morgan fingerprint density at radius 3 is 1.42 bits per heavy atom. The lowest BCUT2D eigenvalue weighted by Crippen LogP contribution is -2.28. The van der Waals surface area contributed by atoms with E-state index in [0.29, 0.717) is 26.4 Å². The van der Waals surface area contributed by atoms with Crippen LogP contribution in [0, 0.1) is 0 Å². The molecule has 2 heterocycles. The van der Waals surface area contributed by atoms with Gasteiger partial charge in [0.05, 0.1) is 27.5 Å². The third kappa shape index (κ3) is 7.28. The number of hydrogen-bond acceptors (Lipinski definition) is 6. The van der Waals surface area contributed by atoms with Crippen molar-refractivity contribution in [2.24, 2.45) is 0 Å². The van der Waals surface area contributed by atoms with Gasteiger partial charge in [0.25, 0.3) is 16.7 Å². The van der Waals surface area contributed by atoms with E-state index in [9.17, 15) is 14.4 Å². The molecule has 0 saturated carbocycles. The molecule has 0 aliphatic carbocycles. The van der Waals surface area contributed by atoms with Crippen molar-refractivity contribution in [1.82, 2.24) is 19.6 Å². The van der Waals surface area contributed by atoms with E-state index >= 15 is 0 Å². The van der Waals surface area contributed by atoms with Gasteiger partial charge >= 0.3 is 0 Å². The number of halogens is 1. The first kappa shape index (κ1) is 33.1. The van der Waals surface area contributed by atoms with Crippen molar-refractivity contribution in [3.63, 3.8) is 0 Å². The number of nitrogens with zero attached hydrogens (tertiary/aromatic N) is 3. The van der Waals surface area contributed by atoms with Crippen molar-refractivity contribution in [3.05, 3.63) is 193 Å². The normalized spacial score (nSPS) is 10.9. The molecular weight excluding hydrogens is 729 g/mol. The monoisotopic (exact) mass is 754 g/mol. The van der Waals surface area contributed by atoms with Gasteiger partial charge in [0.2, 0.25) is 0 Å². The molecule has 0 aliphatic rings. The molecule has 0 radical (unpaired) electrons. The molecule has 0 atom stereocenters. The molecule has 0 bridgehead atoms. The highest BCUT2D eigenvalue weighted by molar-refractivity contribution is 9.10. The summed E-state index contributed by atoms with van der Waals surface area (Å²) in [5, 5.41) is 9.32. The molecule has 0 spiro atoms. The number of benzene rings is 6. The Morgan fingerprint density at radius 2 is 0.880 bits per heavy atom. The van der Waals surface area contributed by atoms with Crippen LogP contribution >= 0.6 is 39.5 Å². The maximum absolute atomic E-state index is 12.7. The van der Waals surface area contributed by atoms with E-state index in [1.807, 2.05) is 121 Å². The van der Waals surface area contributed by atoms with Crippen LogP contribution in [0.2, 0.25) is 0 Å². The Labute approximate surface area is 303 Å². The topological polar surface area (TPSA) is 89.8 Å². The van der Waals surface area contributed by atoms with Crippen LogP contribution in [-0.2, 0) is 0 Å². The molecule has 244 valence electrons. The summed E-state index contributed by atoms with van der Waals surface area (Å²) >= 11 is 6.79. The third-order valence-corrected chi connectivity index (χ3v) is 10.3. The van der Waals surface area contributed by atoms with Gasteiger partial charge in [-0.1, -0.05) is 90.3 Å². The van der Waals surface area contributed by atoms with Crippen molar-refractivity contribution in [2.75, 3.05) is 0 Å². The SMILES string of the molecule is O=c1[nH]n(-c2ccc(Sc3ccccc3)cc2)c(=O)c2ccccc12.O=c1c2ccccc2c(Br)nn1-c1ccc(Sc2ccccc2)cc1. The number of aromatic amines is 1. The fourth-order valence-corrected chi connectivity index (χ4v) is 7.46. The molecule has 0 saturated heterocycles. The van der Waals surface area contributed by atoms with Gasteiger partial charge in [-0.25, -0.2) is 4.68 Å². The second kappa shape index (κ2) is 15.0. The van der Waals surface area contributed by atoms with Crippen molar-refractivity contribution in [1.29, 1.82) is 0 Å². The van der Waals surface area contributed by atoms with Crippen molar-refractivity contribution >= 4 is 61.0 Å². The summed E-state index contributed by atoms with van der Waals surface area (Å²) in [7, 11) is 0. The lowest BCUT2D eigenvalue weighted by Gasteiger charge is -2.09. The Balaban J connectivity index is 0.000000157. The fraction of sp³-hybridized carbons (Fsp3) is 0. The maximum Gasteiger partial charge on any atom is 0.279 e. The van der Waals surface area contributed by atoms with E-state index in [4.69, 9.17) is 0 Å². The molecule has 0 unspecified atom stereocenters. The zero-order valence-electron chi connectivity index (χ0n) is 26.3. The number of fused-ring (bicyclic) bond motifs is 2. The average Bonchev–Trinajstić information content (AvgIpc) is 3.16. The van der Waals surface area contributed by atoms with Gasteiger partial charge < -0.3 is 0 Å². The van der Waals surface area contributed by atoms with E-state index in [2.05, 4.69) is 38.3 Å². The van der Waals surface area contributed by atoms with Gasteiger partial charge in [-0.3, -0.25) is 19.5 Å². The minimum Gasteiger partial charge on any atom is -0.267 e. The highest BCUT2D eigenvalue weighted by Gasteiger charge is 2.11. The summed E-state index contributed by atoms with van der Waals surface area (Å²) in [6, 6.07) is 49.9. The molecule has 1 N–H and O–H groups in total. The number of hydrogen-bond donors (Lipinski definition) is 1. The molecular formula is C40H27BrN4O3S2. The number of aromatic nitrogens is 4.